The van der Waals surface area contributed by atoms with E-state index in [1.165, 1.54) is 24.0 Å². The molecule has 0 atom stereocenters. The van der Waals surface area contributed by atoms with Gasteiger partial charge >= 0.3 is 6.18 Å². The molecule has 0 aliphatic heterocycles. The Bertz CT molecular complexity index is 1420. The number of carbonyl (C=O) groups excluding carboxylic acids is 1. The van der Waals surface area contributed by atoms with Crippen LogP contribution in [0.15, 0.2) is 36.9 Å². The van der Waals surface area contributed by atoms with Crippen LogP contribution < -0.4 is 16.2 Å². The number of amides is 1. The minimum atomic E-state index is -5.02. The molecule has 0 aliphatic rings. The van der Waals surface area contributed by atoms with E-state index < -0.39 is 34.9 Å². The van der Waals surface area contributed by atoms with Crippen molar-refractivity contribution in [2.45, 2.75) is 6.18 Å². The fraction of sp³-hybridized carbons (Fsp3) is 0.105. The van der Waals surface area contributed by atoms with Gasteiger partial charge in [0.05, 0.1) is 18.0 Å². The first-order chi connectivity index (χ1) is 16.0. The maximum atomic E-state index is 14.8. The summed E-state index contributed by atoms with van der Waals surface area (Å²) >= 11 is 5.93. The highest BCUT2D eigenvalue weighted by Crippen LogP contribution is 2.39. The number of hydrogen-bond acceptors (Lipinski definition) is 7. The molecule has 15 heteroatoms. The lowest BCUT2D eigenvalue weighted by Gasteiger charge is -2.10. The van der Waals surface area contributed by atoms with E-state index in [2.05, 4.69) is 20.2 Å². The molecule has 0 spiro atoms. The van der Waals surface area contributed by atoms with Gasteiger partial charge in [0.15, 0.2) is 17.3 Å². The number of rotatable bonds is 5. The molecule has 4 N–H and O–H groups in total. The highest BCUT2D eigenvalue weighted by Gasteiger charge is 2.42. The summed E-state index contributed by atoms with van der Waals surface area (Å²) in [6.07, 6.45) is -1.60. The van der Waals surface area contributed by atoms with Crippen molar-refractivity contribution in [3.8, 4) is 28.6 Å². The van der Waals surface area contributed by atoms with Gasteiger partial charge in [-0.25, -0.2) is 14.1 Å². The zero-order valence-electron chi connectivity index (χ0n) is 17.0. The Kier molecular flexibility index (Phi) is 5.61. The number of nitrogens with two attached hydrogens (primary N) is 2. The predicted molar refractivity (Wildman–Crippen MR) is 111 cm³/mol. The summed E-state index contributed by atoms with van der Waals surface area (Å²) < 4.78 is 63.6. The van der Waals surface area contributed by atoms with Gasteiger partial charge in [0.1, 0.15) is 28.5 Å². The Morgan fingerprint density at radius 3 is 2.56 bits per heavy atom. The summed E-state index contributed by atoms with van der Waals surface area (Å²) in [6.45, 7) is 0. The smallest absolute Gasteiger partial charge is 0.434 e. The monoisotopic (exact) mass is 496 g/mol. The molecular weight excluding hydrogens is 484 g/mol. The second-order valence-corrected chi connectivity index (χ2v) is 7.22. The van der Waals surface area contributed by atoms with Gasteiger partial charge in [0.25, 0.3) is 5.91 Å². The van der Waals surface area contributed by atoms with E-state index in [0.717, 1.165) is 24.7 Å². The third kappa shape index (κ3) is 4.10. The SMILES string of the molecule is Cn1cc(-n2nc(-c3ccc(Oc4ncnc(N)c4Cl)c(F)c3)c(C(N)=O)c2C(F)(F)F)cn1. The maximum absolute atomic E-state index is 14.8. The van der Waals surface area contributed by atoms with Crippen LogP contribution in [0.5, 0.6) is 11.6 Å². The largest absolute Gasteiger partial charge is 0.434 e. The molecule has 1 aromatic carbocycles. The Labute approximate surface area is 192 Å². The molecule has 4 aromatic rings. The van der Waals surface area contributed by atoms with Crippen LogP contribution >= 0.6 is 11.6 Å². The summed E-state index contributed by atoms with van der Waals surface area (Å²) in [5, 5.41) is 7.57. The van der Waals surface area contributed by atoms with Crippen molar-refractivity contribution >= 4 is 23.3 Å². The van der Waals surface area contributed by atoms with Gasteiger partial charge in [-0.1, -0.05) is 11.6 Å². The lowest BCUT2D eigenvalue weighted by atomic mass is 10.0. The molecule has 0 radical (unpaired) electrons. The number of aryl methyl sites for hydroxylation is 1. The number of benzene rings is 1. The lowest BCUT2D eigenvalue weighted by molar-refractivity contribution is -0.143. The van der Waals surface area contributed by atoms with E-state index in [4.69, 9.17) is 27.8 Å². The normalized spacial score (nSPS) is 11.6. The van der Waals surface area contributed by atoms with E-state index in [1.54, 1.807) is 0 Å². The van der Waals surface area contributed by atoms with Gasteiger partial charge in [-0.15, -0.1) is 0 Å². The summed E-state index contributed by atoms with van der Waals surface area (Å²) in [5.41, 5.74) is 7.73. The molecule has 3 aromatic heterocycles. The van der Waals surface area contributed by atoms with Crippen molar-refractivity contribution in [2.75, 3.05) is 5.73 Å². The van der Waals surface area contributed by atoms with Crippen LogP contribution in [0.1, 0.15) is 16.1 Å². The molecule has 4 rings (SSSR count). The molecule has 0 unspecified atom stereocenters. The second kappa shape index (κ2) is 8.30. The van der Waals surface area contributed by atoms with Crippen LogP contribution in [0.3, 0.4) is 0 Å². The topological polar surface area (TPSA) is 140 Å². The van der Waals surface area contributed by atoms with Crippen LogP contribution in [-0.4, -0.2) is 35.4 Å². The van der Waals surface area contributed by atoms with Crippen LogP contribution in [0.4, 0.5) is 23.4 Å². The van der Waals surface area contributed by atoms with Gasteiger partial charge < -0.3 is 16.2 Å². The van der Waals surface area contributed by atoms with E-state index in [1.807, 2.05) is 0 Å². The third-order valence-electron chi connectivity index (χ3n) is 4.53. The first-order valence-corrected chi connectivity index (χ1v) is 9.58. The standard InChI is InChI=1S/C19H13ClF4N8O2/c1-31-6-9(5-29-31)32-15(19(22,23)24)12(17(26)33)14(30-32)8-2-3-11(10(21)4-8)34-18-13(20)16(25)27-7-28-18/h2-7H,1H3,(H2,26,33)(H2,25,27,28). The summed E-state index contributed by atoms with van der Waals surface area (Å²) in [5.74, 6) is -3.12. The first kappa shape index (κ1) is 23.0. The molecule has 0 fully saturated rings. The van der Waals surface area contributed by atoms with Gasteiger partial charge in [-0.3, -0.25) is 9.48 Å². The number of anilines is 1. The lowest BCUT2D eigenvalue weighted by Crippen LogP contribution is -2.21. The van der Waals surface area contributed by atoms with Gasteiger partial charge in [-0.05, 0) is 18.2 Å². The number of aromatic nitrogens is 6. The molecular formula is C19H13ClF4N8O2. The molecule has 176 valence electrons. The Balaban J connectivity index is 1.84. The maximum Gasteiger partial charge on any atom is 0.434 e. The number of alkyl halides is 3. The van der Waals surface area contributed by atoms with Crippen molar-refractivity contribution in [3.05, 3.63) is 59.0 Å². The van der Waals surface area contributed by atoms with E-state index in [-0.39, 0.29) is 33.7 Å². The number of nitrogen functional groups attached to an aromatic ring is 1. The highest BCUT2D eigenvalue weighted by molar-refractivity contribution is 6.34. The zero-order valence-corrected chi connectivity index (χ0v) is 17.8. The molecule has 0 bridgehead atoms. The number of hydrogen-bond donors (Lipinski definition) is 2. The number of nitrogens with zero attached hydrogens (tertiary/aromatic N) is 6. The molecule has 1 amide bonds. The third-order valence-corrected chi connectivity index (χ3v) is 4.89. The summed E-state index contributed by atoms with van der Waals surface area (Å²) in [6, 6.07) is 3.12. The average molecular weight is 497 g/mol. The number of primary amides is 1. The molecule has 0 saturated heterocycles. The van der Waals surface area contributed by atoms with Crippen molar-refractivity contribution in [1.29, 1.82) is 0 Å². The molecule has 0 aliphatic carbocycles. The van der Waals surface area contributed by atoms with Crippen LogP contribution in [-0.2, 0) is 13.2 Å². The first-order valence-electron chi connectivity index (χ1n) is 9.20. The Hall–Kier alpha value is -4.20. The second-order valence-electron chi connectivity index (χ2n) is 6.84. The number of halogens is 5. The number of carbonyl (C=O) groups is 1. The predicted octanol–water partition coefficient (Wildman–Crippen LogP) is 3.35. The van der Waals surface area contributed by atoms with Gasteiger partial charge in [0, 0.05) is 12.6 Å². The molecule has 3 heterocycles. The Morgan fingerprint density at radius 2 is 1.97 bits per heavy atom. The minimum absolute atomic E-state index is 0.0833. The van der Waals surface area contributed by atoms with Crippen molar-refractivity contribution in [3.63, 3.8) is 0 Å². The molecule has 10 nitrogen and oxygen atoms in total. The van der Waals surface area contributed by atoms with E-state index >= 15 is 0 Å². The average Bonchev–Trinajstić information content (AvgIpc) is 3.36. The van der Waals surface area contributed by atoms with Gasteiger partial charge in [-0.2, -0.15) is 28.4 Å². The molecule has 0 saturated carbocycles. The van der Waals surface area contributed by atoms with Gasteiger partial charge in [0.2, 0.25) is 5.88 Å². The molecule has 34 heavy (non-hydrogen) atoms. The van der Waals surface area contributed by atoms with Crippen molar-refractivity contribution in [2.24, 2.45) is 12.8 Å². The Morgan fingerprint density at radius 1 is 1.24 bits per heavy atom. The number of ether oxygens (including phenoxy) is 1. The fourth-order valence-electron chi connectivity index (χ4n) is 3.09. The minimum Gasteiger partial charge on any atom is -0.434 e. The van der Waals surface area contributed by atoms with E-state index in [0.29, 0.717) is 4.68 Å². The zero-order chi connectivity index (χ0) is 24.8. The highest BCUT2D eigenvalue weighted by atomic mass is 35.5. The quantitative estimate of drug-likeness (QED) is 0.404. The van der Waals surface area contributed by atoms with Crippen LogP contribution in [0, 0.1) is 5.82 Å². The van der Waals surface area contributed by atoms with Crippen molar-refractivity contribution in [1.82, 2.24) is 29.5 Å². The van der Waals surface area contributed by atoms with Crippen LogP contribution in [0.25, 0.3) is 16.9 Å². The fourth-order valence-corrected chi connectivity index (χ4v) is 3.23. The van der Waals surface area contributed by atoms with Crippen molar-refractivity contribution < 1.29 is 27.1 Å². The van der Waals surface area contributed by atoms with E-state index in [9.17, 15) is 22.4 Å². The summed E-state index contributed by atoms with van der Waals surface area (Å²) in [4.78, 5) is 19.5. The van der Waals surface area contributed by atoms with Crippen LogP contribution in [0.2, 0.25) is 5.02 Å². The summed E-state index contributed by atoms with van der Waals surface area (Å²) in [7, 11) is 1.49.